The van der Waals surface area contributed by atoms with Crippen LogP contribution in [0.15, 0.2) is 42.5 Å². The molecule has 0 aliphatic heterocycles. The number of rotatable bonds is 3. The van der Waals surface area contributed by atoms with Crippen molar-refractivity contribution in [2.24, 2.45) is 5.73 Å². The number of thiazole rings is 1. The van der Waals surface area contributed by atoms with E-state index in [0.29, 0.717) is 6.54 Å². The van der Waals surface area contributed by atoms with E-state index < -0.39 is 0 Å². The molecular weight excluding hydrogens is 256 g/mol. The van der Waals surface area contributed by atoms with Gasteiger partial charge in [0.05, 0.1) is 22.9 Å². The van der Waals surface area contributed by atoms with Crippen molar-refractivity contribution in [1.82, 2.24) is 4.98 Å². The van der Waals surface area contributed by atoms with Gasteiger partial charge >= 0.3 is 0 Å². The summed E-state index contributed by atoms with van der Waals surface area (Å²) in [6.45, 7) is 0.539. The topological polar surface area (TPSA) is 48.1 Å². The fourth-order valence-electron chi connectivity index (χ4n) is 2.04. The zero-order valence-corrected chi connectivity index (χ0v) is 11.4. The third kappa shape index (κ3) is 2.20. The largest absolute Gasteiger partial charge is 0.496 e. The lowest BCUT2D eigenvalue weighted by atomic mass is 10.2. The Balaban J connectivity index is 2.15. The maximum atomic E-state index is 5.66. The number of ether oxygens (including phenoxy) is 1. The molecule has 0 aliphatic rings. The van der Waals surface area contributed by atoms with Crippen LogP contribution >= 0.6 is 11.3 Å². The number of nitrogens with zero attached hydrogens (tertiary/aromatic N) is 1. The van der Waals surface area contributed by atoms with Crippen molar-refractivity contribution in [2.75, 3.05) is 7.11 Å². The van der Waals surface area contributed by atoms with E-state index in [4.69, 9.17) is 10.5 Å². The number of hydrogen-bond donors (Lipinski definition) is 1. The molecule has 0 saturated heterocycles. The third-order valence-electron chi connectivity index (χ3n) is 3.03. The third-order valence-corrected chi connectivity index (χ3v) is 4.09. The summed E-state index contributed by atoms with van der Waals surface area (Å²) in [7, 11) is 1.68. The SMILES string of the molecule is COc1ccccc1-c1nc2cc(CN)ccc2s1. The molecule has 2 N–H and O–H groups in total. The van der Waals surface area contributed by atoms with Crippen molar-refractivity contribution in [1.29, 1.82) is 0 Å². The van der Waals surface area contributed by atoms with Crippen LogP contribution in [0.2, 0.25) is 0 Å². The highest BCUT2D eigenvalue weighted by atomic mass is 32.1. The number of aromatic nitrogens is 1. The van der Waals surface area contributed by atoms with Gasteiger partial charge in [-0.1, -0.05) is 18.2 Å². The van der Waals surface area contributed by atoms with Crippen LogP contribution in [0.5, 0.6) is 5.75 Å². The van der Waals surface area contributed by atoms with E-state index in [0.717, 1.165) is 32.1 Å². The maximum Gasteiger partial charge on any atom is 0.129 e. The van der Waals surface area contributed by atoms with Crippen molar-refractivity contribution in [3.8, 4) is 16.3 Å². The minimum absolute atomic E-state index is 0.539. The van der Waals surface area contributed by atoms with Crippen LogP contribution in [0.4, 0.5) is 0 Å². The molecule has 3 aromatic rings. The molecule has 0 aliphatic carbocycles. The molecule has 3 rings (SSSR count). The summed E-state index contributed by atoms with van der Waals surface area (Å²) in [5.74, 6) is 0.848. The molecule has 0 atom stereocenters. The summed E-state index contributed by atoms with van der Waals surface area (Å²) in [5, 5.41) is 0.974. The molecule has 0 radical (unpaired) electrons. The van der Waals surface area contributed by atoms with Gasteiger partial charge in [-0.2, -0.15) is 0 Å². The highest BCUT2D eigenvalue weighted by Crippen LogP contribution is 2.35. The minimum atomic E-state index is 0.539. The first-order chi connectivity index (χ1) is 9.31. The minimum Gasteiger partial charge on any atom is -0.496 e. The Morgan fingerprint density at radius 2 is 2.05 bits per heavy atom. The lowest BCUT2D eigenvalue weighted by molar-refractivity contribution is 0.416. The molecule has 1 aromatic heterocycles. The zero-order valence-electron chi connectivity index (χ0n) is 10.6. The van der Waals surface area contributed by atoms with Gasteiger partial charge in [-0.25, -0.2) is 4.98 Å². The van der Waals surface area contributed by atoms with Gasteiger partial charge in [-0.3, -0.25) is 0 Å². The van der Waals surface area contributed by atoms with Gasteiger partial charge in [0, 0.05) is 6.54 Å². The predicted molar refractivity (Wildman–Crippen MR) is 79.5 cm³/mol. The second-order valence-corrected chi connectivity index (χ2v) is 5.26. The van der Waals surface area contributed by atoms with Crippen molar-refractivity contribution in [3.05, 3.63) is 48.0 Å². The average molecular weight is 270 g/mol. The fourth-order valence-corrected chi connectivity index (χ4v) is 3.01. The van der Waals surface area contributed by atoms with Gasteiger partial charge in [0.2, 0.25) is 0 Å². The molecule has 1 heterocycles. The molecule has 0 amide bonds. The number of methoxy groups -OCH3 is 1. The molecule has 0 saturated carbocycles. The van der Waals surface area contributed by atoms with Gasteiger partial charge < -0.3 is 10.5 Å². The van der Waals surface area contributed by atoms with Crippen LogP contribution in [0.25, 0.3) is 20.8 Å². The Labute approximate surface area is 115 Å². The number of fused-ring (bicyclic) bond motifs is 1. The van der Waals surface area contributed by atoms with E-state index >= 15 is 0 Å². The lowest BCUT2D eigenvalue weighted by Gasteiger charge is -2.04. The number of nitrogens with two attached hydrogens (primary N) is 1. The number of hydrogen-bond acceptors (Lipinski definition) is 4. The van der Waals surface area contributed by atoms with Crippen LogP contribution in [-0.2, 0) is 6.54 Å². The summed E-state index contributed by atoms with van der Waals surface area (Å²) in [4.78, 5) is 4.68. The van der Waals surface area contributed by atoms with Crippen LogP contribution < -0.4 is 10.5 Å². The Kier molecular flexibility index (Phi) is 3.19. The van der Waals surface area contributed by atoms with E-state index in [2.05, 4.69) is 11.1 Å². The van der Waals surface area contributed by atoms with Crippen LogP contribution in [0.3, 0.4) is 0 Å². The molecule has 0 spiro atoms. The highest BCUT2D eigenvalue weighted by Gasteiger charge is 2.10. The summed E-state index contributed by atoms with van der Waals surface area (Å²) in [5.41, 5.74) is 8.78. The van der Waals surface area contributed by atoms with Gasteiger partial charge in [-0.15, -0.1) is 11.3 Å². The van der Waals surface area contributed by atoms with Gasteiger partial charge in [0.15, 0.2) is 0 Å². The molecule has 4 heteroatoms. The molecule has 19 heavy (non-hydrogen) atoms. The van der Waals surface area contributed by atoms with Gasteiger partial charge in [0.1, 0.15) is 10.8 Å². The van der Waals surface area contributed by atoms with E-state index in [9.17, 15) is 0 Å². The van der Waals surface area contributed by atoms with Gasteiger partial charge in [0.25, 0.3) is 0 Å². The Morgan fingerprint density at radius 3 is 2.84 bits per heavy atom. The summed E-state index contributed by atoms with van der Waals surface area (Å²) < 4.78 is 6.55. The normalized spacial score (nSPS) is 10.8. The van der Waals surface area contributed by atoms with E-state index in [1.54, 1.807) is 18.4 Å². The molecule has 3 nitrogen and oxygen atoms in total. The molecular formula is C15H14N2OS. The second kappa shape index (κ2) is 4.99. The Morgan fingerprint density at radius 1 is 1.21 bits per heavy atom. The summed E-state index contributed by atoms with van der Waals surface area (Å²) >= 11 is 1.67. The summed E-state index contributed by atoms with van der Waals surface area (Å²) in [6.07, 6.45) is 0. The van der Waals surface area contributed by atoms with Crippen molar-refractivity contribution < 1.29 is 4.74 Å². The van der Waals surface area contributed by atoms with Crippen LogP contribution in [-0.4, -0.2) is 12.1 Å². The van der Waals surface area contributed by atoms with Crippen LogP contribution in [0.1, 0.15) is 5.56 Å². The second-order valence-electron chi connectivity index (χ2n) is 4.23. The Hall–Kier alpha value is -1.91. The number of para-hydroxylation sites is 1. The van der Waals surface area contributed by atoms with Gasteiger partial charge in [-0.05, 0) is 29.8 Å². The molecule has 0 bridgehead atoms. The molecule has 2 aromatic carbocycles. The van der Waals surface area contributed by atoms with E-state index in [1.807, 2.05) is 36.4 Å². The van der Waals surface area contributed by atoms with Crippen LogP contribution in [0, 0.1) is 0 Å². The van der Waals surface area contributed by atoms with Crippen molar-refractivity contribution in [2.45, 2.75) is 6.54 Å². The first-order valence-corrected chi connectivity index (χ1v) is 6.86. The Bertz CT molecular complexity index is 721. The number of benzene rings is 2. The molecule has 0 unspecified atom stereocenters. The zero-order chi connectivity index (χ0) is 13.2. The monoisotopic (exact) mass is 270 g/mol. The first-order valence-electron chi connectivity index (χ1n) is 6.05. The first kappa shape index (κ1) is 12.1. The maximum absolute atomic E-state index is 5.66. The van der Waals surface area contributed by atoms with Crippen molar-refractivity contribution >= 4 is 21.6 Å². The van der Waals surface area contributed by atoms with E-state index in [1.165, 1.54) is 0 Å². The quantitative estimate of drug-likeness (QED) is 0.793. The average Bonchev–Trinajstić information content (AvgIpc) is 2.89. The van der Waals surface area contributed by atoms with Crippen molar-refractivity contribution in [3.63, 3.8) is 0 Å². The van der Waals surface area contributed by atoms with E-state index in [-0.39, 0.29) is 0 Å². The standard InChI is InChI=1S/C15H14N2OS/c1-18-13-5-3-2-4-11(13)15-17-12-8-10(9-16)6-7-14(12)19-15/h2-8H,9,16H2,1H3. The molecule has 96 valence electrons. The smallest absolute Gasteiger partial charge is 0.129 e. The predicted octanol–water partition coefficient (Wildman–Crippen LogP) is 3.43. The molecule has 0 fully saturated rings. The fraction of sp³-hybridized carbons (Fsp3) is 0.133. The highest BCUT2D eigenvalue weighted by molar-refractivity contribution is 7.21. The lowest BCUT2D eigenvalue weighted by Crippen LogP contribution is -1.94. The summed E-state index contributed by atoms with van der Waals surface area (Å²) in [6, 6.07) is 14.1.